The molecule has 1 N–H and O–H groups in total. The first-order valence-corrected chi connectivity index (χ1v) is 5.61. The van der Waals surface area contributed by atoms with Crippen molar-refractivity contribution in [3.05, 3.63) is 35.6 Å². The standard InChI is InChI=1S/C13H18FNO2/c1-9(13(16)17-3)8-15-10(2)11-4-6-12(14)7-5-11/h4-7,9-10,15H,8H2,1-3H3/t9?,10-/m1/s1. The maximum Gasteiger partial charge on any atom is 0.309 e. The molecule has 0 aliphatic carbocycles. The van der Waals surface area contributed by atoms with E-state index in [9.17, 15) is 9.18 Å². The molecule has 0 spiro atoms. The van der Waals surface area contributed by atoms with Crippen LogP contribution in [0.5, 0.6) is 0 Å². The minimum absolute atomic E-state index is 0.0720. The topological polar surface area (TPSA) is 38.3 Å². The van der Waals surface area contributed by atoms with Crippen molar-refractivity contribution >= 4 is 5.97 Å². The summed E-state index contributed by atoms with van der Waals surface area (Å²) < 4.78 is 17.4. The van der Waals surface area contributed by atoms with E-state index in [0.717, 1.165) is 5.56 Å². The van der Waals surface area contributed by atoms with Gasteiger partial charge in [0.15, 0.2) is 0 Å². The molecule has 1 rings (SSSR count). The lowest BCUT2D eigenvalue weighted by Gasteiger charge is -2.16. The van der Waals surface area contributed by atoms with E-state index >= 15 is 0 Å². The predicted octanol–water partition coefficient (Wildman–Crippen LogP) is 2.29. The fourth-order valence-corrected chi connectivity index (χ4v) is 1.51. The van der Waals surface area contributed by atoms with Gasteiger partial charge >= 0.3 is 5.97 Å². The van der Waals surface area contributed by atoms with Crippen molar-refractivity contribution in [1.82, 2.24) is 5.32 Å². The van der Waals surface area contributed by atoms with Gasteiger partial charge in [0.05, 0.1) is 13.0 Å². The Labute approximate surface area is 101 Å². The SMILES string of the molecule is COC(=O)C(C)CN[C@H](C)c1ccc(F)cc1. The Bertz CT molecular complexity index is 364. The van der Waals surface area contributed by atoms with Gasteiger partial charge in [-0.25, -0.2) is 4.39 Å². The fourth-order valence-electron chi connectivity index (χ4n) is 1.51. The number of carbonyl (C=O) groups is 1. The predicted molar refractivity (Wildman–Crippen MR) is 64.0 cm³/mol. The number of nitrogens with one attached hydrogen (secondary N) is 1. The molecule has 0 heterocycles. The van der Waals surface area contributed by atoms with Crippen LogP contribution in [0.1, 0.15) is 25.5 Å². The molecule has 94 valence electrons. The van der Waals surface area contributed by atoms with Crippen molar-refractivity contribution in [2.75, 3.05) is 13.7 Å². The highest BCUT2D eigenvalue weighted by Crippen LogP contribution is 2.13. The van der Waals surface area contributed by atoms with Crippen molar-refractivity contribution in [3.63, 3.8) is 0 Å². The molecular weight excluding hydrogens is 221 g/mol. The third-order valence-corrected chi connectivity index (χ3v) is 2.70. The zero-order valence-corrected chi connectivity index (χ0v) is 10.4. The molecule has 0 aliphatic heterocycles. The molecule has 0 saturated carbocycles. The molecule has 1 aromatic rings. The van der Waals surface area contributed by atoms with Gasteiger partial charge in [0, 0.05) is 12.6 Å². The van der Waals surface area contributed by atoms with Gasteiger partial charge in [-0.3, -0.25) is 4.79 Å². The molecule has 17 heavy (non-hydrogen) atoms. The lowest BCUT2D eigenvalue weighted by Crippen LogP contribution is -2.29. The zero-order chi connectivity index (χ0) is 12.8. The summed E-state index contributed by atoms with van der Waals surface area (Å²) in [5.74, 6) is -0.671. The highest BCUT2D eigenvalue weighted by Gasteiger charge is 2.14. The molecule has 0 aliphatic rings. The lowest BCUT2D eigenvalue weighted by molar-refractivity contribution is -0.144. The average Bonchev–Trinajstić information content (AvgIpc) is 2.35. The van der Waals surface area contributed by atoms with Gasteiger partial charge < -0.3 is 10.1 Å². The molecular formula is C13H18FNO2. The van der Waals surface area contributed by atoms with Crippen LogP contribution >= 0.6 is 0 Å². The quantitative estimate of drug-likeness (QED) is 0.801. The monoisotopic (exact) mass is 239 g/mol. The summed E-state index contributed by atoms with van der Waals surface area (Å²) in [5.41, 5.74) is 0.989. The minimum atomic E-state index is -0.246. The van der Waals surface area contributed by atoms with Gasteiger partial charge in [-0.05, 0) is 24.6 Å². The third-order valence-electron chi connectivity index (χ3n) is 2.70. The average molecular weight is 239 g/mol. The summed E-state index contributed by atoms with van der Waals surface area (Å²) in [6.45, 7) is 4.30. The van der Waals surface area contributed by atoms with Crippen molar-refractivity contribution in [2.24, 2.45) is 5.92 Å². The Morgan fingerprint density at radius 2 is 1.94 bits per heavy atom. The van der Waals surface area contributed by atoms with E-state index in [0.29, 0.717) is 6.54 Å². The molecule has 4 heteroatoms. The van der Waals surface area contributed by atoms with Crippen LogP contribution in [0.25, 0.3) is 0 Å². The Kier molecular flexibility index (Phi) is 5.10. The molecule has 2 atom stereocenters. The smallest absolute Gasteiger partial charge is 0.309 e. The summed E-state index contributed by atoms with van der Waals surface area (Å²) in [6, 6.07) is 6.39. The Morgan fingerprint density at radius 1 is 1.35 bits per heavy atom. The number of esters is 1. The molecule has 0 bridgehead atoms. The normalized spacial score (nSPS) is 14.1. The van der Waals surface area contributed by atoms with Crippen LogP contribution < -0.4 is 5.32 Å². The first kappa shape index (κ1) is 13.6. The van der Waals surface area contributed by atoms with Crippen LogP contribution in [0.15, 0.2) is 24.3 Å². The van der Waals surface area contributed by atoms with E-state index in [1.807, 2.05) is 6.92 Å². The number of methoxy groups -OCH3 is 1. The second-order valence-electron chi connectivity index (χ2n) is 4.11. The Hall–Kier alpha value is -1.42. The molecule has 0 amide bonds. The summed E-state index contributed by atoms with van der Waals surface area (Å²) >= 11 is 0. The second kappa shape index (κ2) is 6.35. The van der Waals surface area contributed by atoms with E-state index in [-0.39, 0.29) is 23.7 Å². The van der Waals surface area contributed by atoms with Crippen LogP contribution in [0.4, 0.5) is 4.39 Å². The fraction of sp³-hybridized carbons (Fsp3) is 0.462. The number of carbonyl (C=O) groups excluding carboxylic acids is 1. The van der Waals surface area contributed by atoms with Crippen molar-refractivity contribution in [1.29, 1.82) is 0 Å². The van der Waals surface area contributed by atoms with E-state index in [1.54, 1.807) is 19.1 Å². The number of halogens is 1. The number of benzene rings is 1. The molecule has 0 aromatic heterocycles. The molecule has 0 saturated heterocycles. The Balaban J connectivity index is 2.47. The molecule has 1 unspecified atom stereocenters. The number of hydrogen-bond acceptors (Lipinski definition) is 3. The maximum absolute atomic E-state index is 12.7. The lowest BCUT2D eigenvalue weighted by atomic mass is 10.1. The maximum atomic E-state index is 12.7. The number of hydrogen-bond donors (Lipinski definition) is 1. The highest BCUT2D eigenvalue weighted by molar-refractivity contribution is 5.72. The van der Waals surface area contributed by atoms with Crippen molar-refractivity contribution < 1.29 is 13.9 Å². The van der Waals surface area contributed by atoms with Crippen LogP contribution in [0.3, 0.4) is 0 Å². The number of rotatable bonds is 5. The van der Waals surface area contributed by atoms with Gasteiger partial charge in [-0.15, -0.1) is 0 Å². The molecule has 3 nitrogen and oxygen atoms in total. The van der Waals surface area contributed by atoms with Crippen LogP contribution in [-0.2, 0) is 9.53 Å². The third kappa shape index (κ3) is 4.15. The largest absolute Gasteiger partial charge is 0.469 e. The summed E-state index contributed by atoms with van der Waals surface area (Å²) in [5, 5.41) is 3.21. The summed E-state index contributed by atoms with van der Waals surface area (Å²) in [7, 11) is 1.38. The first-order chi connectivity index (χ1) is 8.04. The minimum Gasteiger partial charge on any atom is -0.469 e. The van der Waals surface area contributed by atoms with E-state index < -0.39 is 0 Å². The first-order valence-electron chi connectivity index (χ1n) is 5.61. The van der Waals surface area contributed by atoms with E-state index in [1.165, 1.54) is 19.2 Å². The molecule has 0 radical (unpaired) electrons. The van der Waals surface area contributed by atoms with Crippen molar-refractivity contribution in [2.45, 2.75) is 19.9 Å². The highest BCUT2D eigenvalue weighted by atomic mass is 19.1. The molecule has 1 aromatic carbocycles. The van der Waals surface area contributed by atoms with Crippen LogP contribution in [0.2, 0.25) is 0 Å². The van der Waals surface area contributed by atoms with Gasteiger partial charge in [-0.1, -0.05) is 19.1 Å². The van der Waals surface area contributed by atoms with Gasteiger partial charge in [0.25, 0.3) is 0 Å². The van der Waals surface area contributed by atoms with Gasteiger partial charge in [0.1, 0.15) is 5.82 Å². The van der Waals surface area contributed by atoms with Gasteiger partial charge in [-0.2, -0.15) is 0 Å². The number of ether oxygens (including phenoxy) is 1. The zero-order valence-electron chi connectivity index (χ0n) is 10.4. The van der Waals surface area contributed by atoms with Crippen molar-refractivity contribution in [3.8, 4) is 0 Å². The van der Waals surface area contributed by atoms with Crippen LogP contribution in [0, 0.1) is 11.7 Å². The second-order valence-corrected chi connectivity index (χ2v) is 4.11. The summed E-state index contributed by atoms with van der Waals surface area (Å²) in [4.78, 5) is 11.2. The Morgan fingerprint density at radius 3 is 2.47 bits per heavy atom. The van der Waals surface area contributed by atoms with E-state index in [4.69, 9.17) is 0 Å². The molecule has 0 fully saturated rings. The van der Waals surface area contributed by atoms with E-state index in [2.05, 4.69) is 10.1 Å². The van der Waals surface area contributed by atoms with Crippen LogP contribution in [-0.4, -0.2) is 19.6 Å². The van der Waals surface area contributed by atoms with Gasteiger partial charge in [0.2, 0.25) is 0 Å². The summed E-state index contributed by atoms with van der Waals surface area (Å²) in [6.07, 6.45) is 0.